The van der Waals surface area contributed by atoms with Gasteiger partial charge < -0.3 is 20.4 Å². The molecule has 1 aromatic rings. The molecule has 7 heteroatoms. The molecule has 138 valence electrons. The molecular formula is C18H28ClN4OS+. The van der Waals surface area contributed by atoms with Gasteiger partial charge in [-0.25, -0.2) is 0 Å². The maximum atomic E-state index is 12.0. The zero-order valence-corrected chi connectivity index (χ0v) is 17.0. The van der Waals surface area contributed by atoms with E-state index in [2.05, 4.69) is 15.5 Å². The third-order valence-electron chi connectivity index (χ3n) is 4.11. The first-order valence-electron chi connectivity index (χ1n) is 8.61. The predicted octanol–water partition coefficient (Wildman–Crippen LogP) is 1.46. The standard InChI is InChI=1S/C18H27ClN4OS/c1-13-5-6-14(11-15(13)19)20-17(25)23-9-7-22(8-10-23)12-16(24)21-18(2,3)4/h5-6,11H,7-10,12H2,1-4H3,(H,20,25)(H,21,24)/p+1. The average Bonchev–Trinajstić information content (AvgIpc) is 2.49. The first kappa shape index (κ1) is 19.9. The Morgan fingerprint density at radius 2 is 1.96 bits per heavy atom. The Morgan fingerprint density at radius 3 is 2.52 bits per heavy atom. The van der Waals surface area contributed by atoms with Crippen LogP contribution in [0.5, 0.6) is 0 Å². The zero-order chi connectivity index (χ0) is 18.6. The molecule has 0 unspecified atom stereocenters. The number of amides is 1. The fraction of sp³-hybridized carbons (Fsp3) is 0.556. The molecule has 1 aromatic carbocycles. The van der Waals surface area contributed by atoms with Gasteiger partial charge in [0.05, 0.1) is 26.2 Å². The summed E-state index contributed by atoms with van der Waals surface area (Å²) in [6.45, 7) is 12.0. The summed E-state index contributed by atoms with van der Waals surface area (Å²) in [5.41, 5.74) is 1.77. The van der Waals surface area contributed by atoms with Crippen molar-refractivity contribution in [2.75, 3.05) is 38.0 Å². The summed E-state index contributed by atoms with van der Waals surface area (Å²) in [7, 11) is 0. The maximum Gasteiger partial charge on any atom is 0.275 e. The van der Waals surface area contributed by atoms with Crippen molar-refractivity contribution in [1.29, 1.82) is 0 Å². The highest BCUT2D eigenvalue weighted by Gasteiger charge is 2.25. The van der Waals surface area contributed by atoms with E-state index in [0.29, 0.717) is 11.7 Å². The molecule has 0 aliphatic carbocycles. The van der Waals surface area contributed by atoms with E-state index in [1.807, 2.05) is 45.9 Å². The summed E-state index contributed by atoms with van der Waals surface area (Å²) in [6.07, 6.45) is 0. The van der Waals surface area contributed by atoms with Crippen molar-refractivity contribution < 1.29 is 9.69 Å². The maximum absolute atomic E-state index is 12.0. The molecule has 0 spiro atoms. The van der Waals surface area contributed by atoms with E-state index in [4.69, 9.17) is 23.8 Å². The van der Waals surface area contributed by atoms with Crippen LogP contribution in [0.2, 0.25) is 5.02 Å². The highest BCUT2D eigenvalue weighted by atomic mass is 35.5. The largest absolute Gasteiger partial charge is 0.347 e. The molecule has 2 rings (SSSR count). The Hall–Kier alpha value is -1.37. The van der Waals surface area contributed by atoms with Gasteiger partial charge in [0.2, 0.25) is 0 Å². The normalized spacial score (nSPS) is 15.8. The fourth-order valence-electron chi connectivity index (χ4n) is 2.77. The van der Waals surface area contributed by atoms with Crippen molar-refractivity contribution in [1.82, 2.24) is 10.2 Å². The molecule has 1 aliphatic heterocycles. The van der Waals surface area contributed by atoms with Gasteiger partial charge in [0.25, 0.3) is 5.91 Å². The predicted molar refractivity (Wildman–Crippen MR) is 107 cm³/mol. The van der Waals surface area contributed by atoms with E-state index in [-0.39, 0.29) is 11.4 Å². The summed E-state index contributed by atoms with van der Waals surface area (Å²) in [6, 6.07) is 5.84. The number of carbonyl (C=O) groups is 1. The number of halogens is 1. The summed E-state index contributed by atoms with van der Waals surface area (Å²) < 4.78 is 0. The second kappa shape index (κ2) is 8.34. The number of benzene rings is 1. The highest BCUT2D eigenvalue weighted by Crippen LogP contribution is 2.20. The fourth-order valence-corrected chi connectivity index (χ4v) is 3.25. The van der Waals surface area contributed by atoms with Crippen LogP contribution in [0, 0.1) is 6.92 Å². The number of nitrogens with zero attached hydrogens (tertiary/aromatic N) is 1. The third kappa shape index (κ3) is 6.45. The smallest absolute Gasteiger partial charge is 0.275 e. The molecule has 25 heavy (non-hydrogen) atoms. The van der Waals surface area contributed by atoms with E-state index in [1.165, 1.54) is 4.90 Å². The molecule has 0 bridgehead atoms. The number of piperazine rings is 1. The number of hydrogen-bond donors (Lipinski definition) is 3. The minimum Gasteiger partial charge on any atom is -0.347 e. The van der Waals surface area contributed by atoms with E-state index in [9.17, 15) is 4.79 Å². The Balaban J connectivity index is 1.80. The van der Waals surface area contributed by atoms with Crippen LogP contribution in [0.15, 0.2) is 18.2 Å². The number of rotatable bonds is 3. The van der Waals surface area contributed by atoms with Gasteiger partial charge in [-0.2, -0.15) is 0 Å². The molecule has 1 saturated heterocycles. The zero-order valence-electron chi connectivity index (χ0n) is 15.4. The van der Waals surface area contributed by atoms with Gasteiger partial charge in [-0.3, -0.25) is 4.79 Å². The second-order valence-electron chi connectivity index (χ2n) is 7.61. The van der Waals surface area contributed by atoms with Crippen molar-refractivity contribution in [3.8, 4) is 0 Å². The number of anilines is 1. The molecule has 5 nitrogen and oxygen atoms in total. The molecule has 1 heterocycles. The minimum absolute atomic E-state index is 0.103. The van der Waals surface area contributed by atoms with Crippen LogP contribution in [0.4, 0.5) is 5.69 Å². The number of aryl methyl sites for hydroxylation is 1. The van der Waals surface area contributed by atoms with Crippen molar-refractivity contribution >= 4 is 40.5 Å². The first-order valence-corrected chi connectivity index (χ1v) is 9.39. The number of carbonyl (C=O) groups excluding carboxylic acids is 1. The first-order chi connectivity index (χ1) is 11.6. The number of hydrogen-bond acceptors (Lipinski definition) is 2. The van der Waals surface area contributed by atoms with Crippen LogP contribution in [-0.2, 0) is 4.79 Å². The molecule has 0 saturated carbocycles. The van der Waals surface area contributed by atoms with Crippen molar-refractivity contribution in [3.63, 3.8) is 0 Å². The molecule has 1 fully saturated rings. The lowest BCUT2D eigenvalue weighted by atomic mass is 10.1. The van der Waals surface area contributed by atoms with Crippen LogP contribution in [0.1, 0.15) is 26.3 Å². The topological polar surface area (TPSA) is 48.8 Å². The molecule has 1 aliphatic rings. The average molecular weight is 384 g/mol. The van der Waals surface area contributed by atoms with Crippen LogP contribution >= 0.6 is 23.8 Å². The van der Waals surface area contributed by atoms with Crippen LogP contribution in [-0.4, -0.2) is 54.2 Å². The van der Waals surface area contributed by atoms with Gasteiger partial charge >= 0.3 is 0 Å². The summed E-state index contributed by atoms with van der Waals surface area (Å²) in [5.74, 6) is 0.103. The van der Waals surface area contributed by atoms with Gasteiger partial charge in [0.1, 0.15) is 0 Å². The lowest BCUT2D eigenvalue weighted by molar-refractivity contribution is -0.895. The molecule has 0 aromatic heterocycles. The van der Waals surface area contributed by atoms with Gasteiger partial charge in [0.15, 0.2) is 11.7 Å². The van der Waals surface area contributed by atoms with Gasteiger partial charge in [-0.05, 0) is 57.6 Å². The Labute approximate surface area is 160 Å². The van der Waals surface area contributed by atoms with E-state index >= 15 is 0 Å². The van der Waals surface area contributed by atoms with Gasteiger partial charge in [-0.1, -0.05) is 17.7 Å². The Bertz CT molecular complexity index is 636. The Kier molecular flexibility index (Phi) is 6.65. The number of thiocarbonyl (C=S) groups is 1. The Morgan fingerprint density at radius 1 is 1.32 bits per heavy atom. The molecule has 1 amide bonds. The van der Waals surface area contributed by atoms with E-state index in [1.54, 1.807) is 0 Å². The summed E-state index contributed by atoms with van der Waals surface area (Å²) in [4.78, 5) is 15.5. The summed E-state index contributed by atoms with van der Waals surface area (Å²) in [5, 5.41) is 7.70. The molecule has 0 atom stereocenters. The third-order valence-corrected chi connectivity index (χ3v) is 4.87. The lowest BCUT2D eigenvalue weighted by Gasteiger charge is -2.34. The number of nitrogens with one attached hydrogen (secondary N) is 3. The van der Waals surface area contributed by atoms with Crippen LogP contribution < -0.4 is 15.5 Å². The van der Waals surface area contributed by atoms with Gasteiger partial charge in [-0.15, -0.1) is 0 Å². The monoisotopic (exact) mass is 383 g/mol. The summed E-state index contributed by atoms with van der Waals surface area (Å²) >= 11 is 11.7. The van der Waals surface area contributed by atoms with Crippen molar-refractivity contribution in [2.45, 2.75) is 33.2 Å². The van der Waals surface area contributed by atoms with Gasteiger partial charge in [0, 0.05) is 16.2 Å². The highest BCUT2D eigenvalue weighted by molar-refractivity contribution is 7.80. The number of quaternary nitrogens is 1. The molecule has 3 N–H and O–H groups in total. The quantitative estimate of drug-likeness (QED) is 0.692. The SMILES string of the molecule is Cc1ccc(NC(=S)N2CC[NH+](CC(=O)NC(C)(C)C)CC2)cc1Cl. The van der Waals surface area contributed by atoms with Crippen LogP contribution in [0.3, 0.4) is 0 Å². The minimum atomic E-state index is -0.181. The van der Waals surface area contributed by atoms with E-state index in [0.717, 1.165) is 42.5 Å². The van der Waals surface area contributed by atoms with Crippen LogP contribution in [0.25, 0.3) is 0 Å². The lowest BCUT2D eigenvalue weighted by Crippen LogP contribution is -3.16. The van der Waals surface area contributed by atoms with Crippen molar-refractivity contribution in [2.24, 2.45) is 0 Å². The molecule has 0 radical (unpaired) electrons. The van der Waals surface area contributed by atoms with Crippen molar-refractivity contribution in [3.05, 3.63) is 28.8 Å². The molecular weight excluding hydrogens is 356 g/mol. The second-order valence-corrected chi connectivity index (χ2v) is 8.40. The van der Waals surface area contributed by atoms with E-state index < -0.39 is 0 Å².